The normalized spacial score (nSPS) is 15.0. The molecular formula is C12H22F7NO3S. The predicted molar refractivity (Wildman–Crippen MR) is 72.9 cm³/mol. The van der Waals surface area contributed by atoms with Gasteiger partial charge in [0.2, 0.25) is 0 Å². The standard InChI is InChI=1S/C8H20N.C4H3F7O3S/c1-5-9(6-2,7-3)8-4;5-1(6)3(8,9)4(10,11)2(7)15(12,13)14/h5-8H2,1-4H3;1-2H,(H,12,13,14)/q+1;/p-1. The second-order valence-corrected chi connectivity index (χ2v) is 6.36. The maximum absolute atomic E-state index is 12.2. The molecule has 0 aromatic carbocycles. The number of alkyl halides is 7. The molecule has 0 N–H and O–H groups in total. The smallest absolute Gasteiger partial charge is 0.373 e. The molecule has 0 fully saturated rings. The summed E-state index contributed by atoms with van der Waals surface area (Å²) in [6, 6.07) is 0. The number of rotatable bonds is 8. The summed E-state index contributed by atoms with van der Waals surface area (Å²) < 4.78 is 113. The van der Waals surface area contributed by atoms with Crippen LogP contribution < -0.4 is 0 Å². The van der Waals surface area contributed by atoms with Crippen molar-refractivity contribution in [2.75, 3.05) is 26.2 Å². The third-order valence-electron chi connectivity index (χ3n) is 3.94. The van der Waals surface area contributed by atoms with Crippen LogP contribution in [0.25, 0.3) is 0 Å². The summed E-state index contributed by atoms with van der Waals surface area (Å²) in [6.07, 6.45) is -5.01. The quantitative estimate of drug-likeness (QED) is 0.361. The first-order valence-electron chi connectivity index (χ1n) is 7.07. The molecule has 0 radical (unpaired) electrons. The molecule has 0 heterocycles. The van der Waals surface area contributed by atoms with Crippen LogP contribution in [0.15, 0.2) is 0 Å². The topological polar surface area (TPSA) is 57.2 Å². The van der Waals surface area contributed by atoms with Crippen molar-refractivity contribution in [3.8, 4) is 0 Å². The van der Waals surface area contributed by atoms with Gasteiger partial charge in [0, 0.05) is 0 Å². The molecule has 0 aliphatic rings. The number of quaternary nitrogens is 1. The van der Waals surface area contributed by atoms with Gasteiger partial charge in [0.25, 0.3) is 5.50 Å². The van der Waals surface area contributed by atoms with Crippen molar-refractivity contribution in [2.24, 2.45) is 0 Å². The summed E-state index contributed by atoms with van der Waals surface area (Å²) in [5, 5.41) is 0. The van der Waals surface area contributed by atoms with Crippen molar-refractivity contribution in [3.63, 3.8) is 0 Å². The van der Waals surface area contributed by atoms with Crippen molar-refractivity contribution in [3.05, 3.63) is 0 Å². The monoisotopic (exact) mass is 393 g/mol. The average molecular weight is 393 g/mol. The zero-order valence-corrected chi connectivity index (χ0v) is 14.5. The molecule has 0 rings (SSSR count). The SMILES string of the molecule is CC[N+](CC)(CC)CC.O=S(=O)([O-])C(F)C(F)(F)C(F)(F)C(F)F. The molecule has 12 heteroatoms. The van der Waals surface area contributed by atoms with Gasteiger partial charge in [0.15, 0.2) is 0 Å². The van der Waals surface area contributed by atoms with Gasteiger partial charge in [0.05, 0.1) is 26.2 Å². The van der Waals surface area contributed by atoms with Crippen LogP contribution in [0.3, 0.4) is 0 Å². The molecule has 0 aromatic heterocycles. The van der Waals surface area contributed by atoms with E-state index in [1.807, 2.05) is 0 Å². The van der Waals surface area contributed by atoms with Gasteiger partial charge in [-0.25, -0.2) is 21.6 Å². The molecule has 0 amide bonds. The van der Waals surface area contributed by atoms with Crippen molar-refractivity contribution in [1.82, 2.24) is 0 Å². The summed E-state index contributed by atoms with van der Waals surface area (Å²) >= 11 is 0. The molecule has 24 heavy (non-hydrogen) atoms. The molecule has 0 aliphatic carbocycles. The van der Waals surface area contributed by atoms with Crippen molar-refractivity contribution in [2.45, 2.75) is 51.5 Å². The van der Waals surface area contributed by atoms with E-state index < -0.39 is 33.9 Å². The first-order valence-corrected chi connectivity index (χ1v) is 8.54. The summed E-state index contributed by atoms with van der Waals surface area (Å²) in [5.74, 6) is -12.5. The highest BCUT2D eigenvalue weighted by atomic mass is 32.2. The van der Waals surface area contributed by atoms with Gasteiger partial charge >= 0.3 is 18.3 Å². The Labute approximate surface area is 137 Å². The van der Waals surface area contributed by atoms with Gasteiger partial charge in [-0.2, -0.15) is 17.6 Å². The minimum atomic E-state index is -6.46. The second kappa shape index (κ2) is 9.18. The van der Waals surface area contributed by atoms with Crippen LogP contribution in [0.1, 0.15) is 27.7 Å². The second-order valence-electron chi connectivity index (χ2n) is 4.96. The molecule has 1 atom stereocenters. The van der Waals surface area contributed by atoms with Crippen LogP contribution >= 0.6 is 0 Å². The largest absolute Gasteiger partial charge is 0.746 e. The summed E-state index contributed by atoms with van der Waals surface area (Å²) in [5.41, 5.74) is -4.94. The lowest BCUT2D eigenvalue weighted by molar-refractivity contribution is -0.921. The maximum Gasteiger partial charge on any atom is 0.373 e. The van der Waals surface area contributed by atoms with Crippen molar-refractivity contribution < 1.29 is 48.2 Å². The van der Waals surface area contributed by atoms with Crippen LogP contribution in [-0.2, 0) is 10.1 Å². The maximum atomic E-state index is 12.2. The van der Waals surface area contributed by atoms with Crippen LogP contribution in [-0.4, -0.2) is 67.4 Å². The van der Waals surface area contributed by atoms with Gasteiger partial charge < -0.3 is 9.04 Å². The number of hydrogen-bond donors (Lipinski definition) is 0. The highest BCUT2D eigenvalue weighted by Gasteiger charge is 2.69. The Bertz CT molecular complexity index is 450. The highest BCUT2D eigenvalue weighted by Crippen LogP contribution is 2.43. The summed E-state index contributed by atoms with van der Waals surface area (Å²) in [7, 11) is -6.46. The Morgan fingerprint density at radius 1 is 0.833 bits per heavy atom. The number of hydrogen-bond acceptors (Lipinski definition) is 3. The van der Waals surface area contributed by atoms with Gasteiger partial charge in [-0.1, -0.05) is 0 Å². The minimum Gasteiger partial charge on any atom is -0.746 e. The van der Waals surface area contributed by atoms with E-state index in [0.717, 1.165) is 0 Å². The molecule has 1 unspecified atom stereocenters. The Hall–Kier alpha value is -0.620. The van der Waals surface area contributed by atoms with Gasteiger partial charge in [-0.15, -0.1) is 0 Å². The fraction of sp³-hybridized carbons (Fsp3) is 1.00. The van der Waals surface area contributed by atoms with Crippen molar-refractivity contribution in [1.29, 1.82) is 0 Å². The van der Waals surface area contributed by atoms with E-state index in [2.05, 4.69) is 27.7 Å². The molecule has 0 bridgehead atoms. The fourth-order valence-electron chi connectivity index (χ4n) is 1.82. The Morgan fingerprint density at radius 3 is 1.25 bits per heavy atom. The summed E-state index contributed by atoms with van der Waals surface area (Å²) in [6.45, 7) is 14.2. The predicted octanol–water partition coefficient (Wildman–Crippen LogP) is 3.25. The van der Waals surface area contributed by atoms with E-state index in [1.165, 1.54) is 30.7 Å². The Balaban J connectivity index is 0. The molecule has 0 saturated heterocycles. The lowest BCUT2D eigenvalue weighted by Crippen LogP contribution is -2.54. The van der Waals surface area contributed by atoms with E-state index in [4.69, 9.17) is 0 Å². The van der Waals surface area contributed by atoms with Gasteiger partial charge in [-0.3, -0.25) is 0 Å². The molecule has 0 aliphatic heterocycles. The molecular weight excluding hydrogens is 371 g/mol. The lowest BCUT2D eigenvalue weighted by Gasteiger charge is -2.34. The zero-order valence-electron chi connectivity index (χ0n) is 13.7. The van der Waals surface area contributed by atoms with E-state index in [1.54, 1.807) is 0 Å². The number of nitrogens with zero attached hydrogens (tertiary/aromatic N) is 1. The van der Waals surface area contributed by atoms with Gasteiger partial charge in [0.1, 0.15) is 10.1 Å². The molecule has 148 valence electrons. The summed E-state index contributed by atoms with van der Waals surface area (Å²) in [4.78, 5) is 0. The third kappa shape index (κ3) is 6.03. The molecule has 0 aromatic rings. The third-order valence-corrected chi connectivity index (χ3v) is 4.74. The molecule has 0 saturated carbocycles. The first kappa shape index (κ1) is 25.6. The van der Waals surface area contributed by atoms with Crippen LogP contribution in [0.5, 0.6) is 0 Å². The first-order chi connectivity index (χ1) is 10.6. The lowest BCUT2D eigenvalue weighted by atomic mass is 10.2. The Kier molecular flexibility index (Phi) is 9.80. The molecule has 0 spiro atoms. The van der Waals surface area contributed by atoms with E-state index >= 15 is 0 Å². The molecule has 4 nitrogen and oxygen atoms in total. The number of halogens is 7. The fourth-order valence-corrected chi connectivity index (χ4v) is 2.34. The Morgan fingerprint density at radius 2 is 1.12 bits per heavy atom. The van der Waals surface area contributed by atoms with Crippen LogP contribution in [0.4, 0.5) is 30.7 Å². The van der Waals surface area contributed by atoms with Crippen LogP contribution in [0.2, 0.25) is 0 Å². The zero-order chi connectivity index (χ0) is 20.0. The van der Waals surface area contributed by atoms with Crippen molar-refractivity contribution >= 4 is 10.1 Å². The van der Waals surface area contributed by atoms with E-state index in [9.17, 15) is 43.7 Å². The average Bonchev–Trinajstić information content (AvgIpc) is 2.48. The van der Waals surface area contributed by atoms with Crippen LogP contribution in [0, 0.1) is 0 Å². The highest BCUT2D eigenvalue weighted by molar-refractivity contribution is 7.86. The van der Waals surface area contributed by atoms with E-state index in [0.29, 0.717) is 0 Å². The van der Waals surface area contributed by atoms with E-state index in [-0.39, 0.29) is 0 Å². The van der Waals surface area contributed by atoms with Gasteiger partial charge in [-0.05, 0) is 27.7 Å². The minimum absolute atomic E-state index is 1.28.